The molecule has 7 aromatic rings. The second kappa shape index (κ2) is 11.1. The Morgan fingerprint density at radius 1 is 0.733 bits per heavy atom. The van der Waals surface area contributed by atoms with Crippen LogP contribution in [0.2, 0.25) is 10.0 Å². The molecule has 1 aliphatic rings. The quantitative estimate of drug-likeness (QED) is 0.194. The van der Waals surface area contributed by atoms with Crippen molar-refractivity contribution < 1.29 is 9.15 Å². The molecule has 1 aliphatic heterocycles. The summed E-state index contributed by atoms with van der Waals surface area (Å²) in [6.45, 7) is 0. The smallest absolute Gasteiger partial charge is 0.227 e. The van der Waals surface area contributed by atoms with E-state index in [1.807, 2.05) is 72.8 Å². The molecule has 0 radical (unpaired) electrons. The number of rotatable bonds is 5. The Hall–Kier alpha value is -5.16. The van der Waals surface area contributed by atoms with E-state index in [1.165, 1.54) is 0 Å². The molecule has 3 heterocycles. The second-order valence-corrected chi connectivity index (χ2v) is 11.8. The van der Waals surface area contributed by atoms with Crippen molar-refractivity contribution in [3.05, 3.63) is 143 Å². The van der Waals surface area contributed by atoms with Crippen LogP contribution in [0.3, 0.4) is 0 Å². The highest BCUT2D eigenvalue weighted by atomic mass is 35.5. The molecule has 0 saturated carbocycles. The summed E-state index contributed by atoms with van der Waals surface area (Å²) in [5.74, 6) is 0.841. The van der Waals surface area contributed by atoms with E-state index in [2.05, 4.69) is 53.5 Å². The summed E-state index contributed by atoms with van der Waals surface area (Å²) in [6.07, 6.45) is 12.6. The number of allylic oxidation sites excluding steroid dienone is 4. The van der Waals surface area contributed by atoms with Crippen molar-refractivity contribution in [3.8, 4) is 16.9 Å². The number of fused-ring (bicyclic) bond motifs is 8. The van der Waals surface area contributed by atoms with Gasteiger partial charge >= 0.3 is 0 Å². The number of pyridine rings is 1. The molecule has 6 heteroatoms. The summed E-state index contributed by atoms with van der Waals surface area (Å²) < 4.78 is 12.2. The minimum absolute atomic E-state index is 0.137. The van der Waals surface area contributed by atoms with Crippen LogP contribution in [0.5, 0.6) is 5.75 Å². The van der Waals surface area contributed by atoms with Crippen LogP contribution in [0.1, 0.15) is 17.5 Å². The minimum atomic E-state index is 0.137. The zero-order valence-electron chi connectivity index (χ0n) is 23.9. The predicted octanol–water partition coefficient (Wildman–Crippen LogP) is 11.7. The summed E-state index contributed by atoms with van der Waals surface area (Å²) in [7, 11) is 0. The minimum Gasteiger partial charge on any atom is -0.438 e. The molecule has 0 atom stereocenters. The van der Waals surface area contributed by atoms with Gasteiger partial charge < -0.3 is 9.15 Å². The monoisotopic (exact) mass is 622 g/mol. The molecule has 0 saturated heterocycles. The Morgan fingerprint density at radius 3 is 2.47 bits per heavy atom. The number of aromatic nitrogens is 1. The normalized spacial score (nSPS) is 14.2. The Balaban J connectivity index is 1.07. The highest BCUT2D eigenvalue weighted by Gasteiger charge is 2.26. The molecule has 2 aromatic heterocycles. The summed E-state index contributed by atoms with van der Waals surface area (Å²) in [6, 6.07) is 30.1. The molecule has 0 amide bonds. The van der Waals surface area contributed by atoms with Gasteiger partial charge in [-0.1, -0.05) is 96.0 Å². The Kier molecular flexibility index (Phi) is 6.75. The van der Waals surface area contributed by atoms with E-state index in [-0.39, 0.29) is 5.90 Å². The molecular formula is C39H24Cl2N2O2. The van der Waals surface area contributed by atoms with Crippen molar-refractivity contribution in [2.75, 3.05) is 0 Å². The zero-order chi connectivity index (χ0) is 30.5. The lowest BCUT2D eigenvalue weighted by atomic mass is 9.97. The van der Waals surface area contributed by atoms with Gasteiger partial charge in [-0.3, -0.25) is 5.41 Å². The molecule has 0 bridgehead atoms. The van der Waals surface area contributed by atoms with Crippen LogP contribution in [0.4, 0.5) is 0 Å². The lowest BCUT2D eigenvalue weighted by Gasteiger charge is -2.08. The van der Waals surface area contributed by atoms with E-state index >= 15 is 0 Å². The summed E-state index contributed by atoms with van der Waals surface area (Å²) in [5, 5.41) is 16.0. The van der Waals surface area contributed by atoms with E-state index in [9.17, 15) is 0 Å². The first kappa shape index (κ1) is 27.4. The van der Waals surface area contributed by atoms with E-state index < -0.39 is 0 Å². The molecule has 0 aliphatic carbocycles. The highest BCUT2D eigenvalue weighted by molar-refractivity contribution is 6.32. The number of halogens is 2. The Morgan fingerprint density at radius 2 is 1.53 bits per heavy atom. The maximum atomic E-state index is 8.57. The van der Waals surface area contributed by atoms with E-state index in [0.717, 1.165) is 65.7 Å². The largest absolute Gasteiger partial charge is 0.438 e. The molecule has 0 spiro atoms. The molecule has 216 valence electrons. The van der Waals surface area contributed by atoms with Gasteiger partial charge in [0.25, 0.3) is 0 Å². The average Bonchev–Trinajstić information content (AvgIpc) is 3.59. The third-order valence-corrected chi connectivity index (χ3v) is 8.68. The maximum Gasteiger partial charge on any atom is 0.227 e. The van der Waals surface area contributed by atoms with E-state index in [4.69, 9.17) is 37.8 Å². The van der Waals surface area contributed by atoms with Gasteiger partial charge in [0, 0.05) is 49.1 Å². The van der Waals surface area contributed by atoms with Crippen LogP contribution in [0, 0.1) is 5.41 Å². The van der Waals surface area contributed by atoms with Gasteiger partial charge in [0.15, 0.2) is 0 Å². The Labute approximate surface area is 269 Å². The number of para-hydroxylation sites is 1. The predicted molar refractivity (Wildman–Crippen MR) is 188 cm³/mol. The fourth-order valence-electron chi connectivity index (χ4n) is 6.12. The number of hydrogen-bond acceptors (Lipinski definition) is 4. The van der Waals surface area contributed by atoms with Gasteiger partial charge in [0.05, 0.1) is 0 Å². The standard InChI is InChI=1S/C39H24Cl2N2O2/c40-26-17-14-23(33(21-26)29-10-5-9-28-32-11-6-20-43-39(32)45-36(28)29)7-3-1-2-4-8-31-30-19-16-25-13-12-24-15-18-27(41)22-34(24)35(25)37(30)44-38(31)42/h2-22,42H,1H2/b4-2+,7-3-,31-8-,42-38?. The molecule has 45 heavy (non-hydrogen) atoms. The molecule has 1 N–H and O–H groups in total. The molecule has 8 rings (SSSR count). The van der Waals surface area contributed by atoms with Gasteiger partial charge in [0.1, 0.15) is 11.3 Å². The van der Waals surface area contributed by atoms with Gasteiger partial charge in [0.2, 0.25) is 11.6 Å². The molecular weight excluding hydrogens is 599 g/mol. The van der Waals surface area contributed by atoms with Crippen molar-refractivity contribution in [2.45, 2.75) is 6.42 Å². The van der Waals surface area contributed by atoms with Gasteiger partial charge in [-0.25, -0.2) is 4.98 Å². The number of ether oxygens (including phenoxy) is 1. The van der Waals surface area contributed by atoms with Crippen LogP contribution in [-0.4, -0.2) is 10.9 Å². The van der Waals surface area contributed by atoms with Gasteiger partial charge in [-0.15, -0.1) is 0 Å². The fourth-order valence-corrected chi connectivity index (χ4v) is 6.46. The van der Waals surface area contributed by atoms with E-state index in [1.54, 1.807) is 6.20 Å². The lowest BCUT2D eigenvalue weighted by Crippen LogP contribution is -1.99. The van der Waals surface area contributed by atoms with Gasteiger partial charge in [-0.2, -0.15) is 0 Å². The SMILES string of the molecule is N=C1Oc2c(ccc3ccc4ccc(Cl)cc4c23)/C1=C/C=C/C/C=C\c1ccc(Cl)cc1-c1cccc2c1oc1ncccc12. The molecule has 5 aromatic carbocycles. The van der Waals surface area contributed by atoms with E-state index in [0.29, 0.717) is 27.9 Å². The van der Waals surface area contributed by atoms with Crippen LogP contribution in [0.15, 0.2) is 126 Å². The number of benzene rings is 5. The first-order valence-electron chi connectivity index (χ1n) is 14.6. The number of furan rings is 1. The van der Waals surface area contributed by atoms with Crippen molar-refractivity contribution in [1.29, 1.82) is 5.41 Å². The topological polar surface area (TPSA) is 59.1 Å². The van der Waals surface area contributed by atoms with Gasteiger partial charge in [-0.05, 0) is 82.2 Å². The van der Waals surface area contributed by atoms with Crippen LogP contribution < -0.4 is 4.74 Å². The third-order valence-electron chi connectivity index (χ3n) is 8.21. The second-order valence-electron chi connectivity index (χ2n) is 10.9. The van der Waals surface area contributed by atoms with Crippen molar-refractivity contribution in [1.82, 2.24) is 4.98 Å². The van der Waals surface area contributed by atoms with Crippen molar-refractivity contribution in [2.24, 2.45) is 0 Å². The summed E-state index contributed by atoms with van der Waals surface area (Å²) in [4.78, 5) is 4.40. The maximum absolute atomic E-state index is 8.57. The fraction of sp³-hybridized carbons (Fsp3) is 0.0256. The first-order chi connectivity index (χ1) is 22.0. The summed E-state index contributed by atoms with van der Waals surface area (Å²) in [5.41, 5.74) is 6.05. The molecule has 0 unspecified atom stereocenters. The zero-order valence-corrected chi connectivity index (χ0v) is 25.4. The molecule has 0 fully saturated rings. The average molecular weight is 624 g/mol. The van der Waals surface area contributed by atoms with Crippen molar-refractivity contribution >= 4 is 84.4 Å². The number of nitrogens with zero attached hydrogens (tertiary/aromatic N) is 1. The highest BCUT2D eigenvalue weighted by Crippen LogP contribution is 2.44. The Bertz CT molecular complexity index is 2430. The van der Waals surface area contributed by atoms with Crippen LogP contribution in [-0.2, 0) is 0 Å². The summed E-state index contributed by atoms with van der Waals surface area (Å²) >= 11 is 12.8. The number of hydrogen-bond donors (Lipinski definition) is 1. The first-order valence-corrected chi connectivity index (χ1v) is 15.3. The van der Waals surface area contributed by atoms with Crippen LogP contribution in [0.25, 0.3) is 66.4 Å². The third kappa shape index (κ3) is 4.80. The van der Waals surface area contributed by atoms with Crippen LogP contribution >= 0.6 is 23.2 Å². The molecule has 4 nitrogen and oxygen atoms in total. The lowest BCUT2D eigenvalue weighted by molar-refractivity contribution is 0.573. The number of nitrogens with one attached hydrogen (secondary N) is 1. The van der Waals surface area contributed by atoms with Crippen molar-refractivity contribution in [3.63, 3.8) is 0 Å².